The summed E-state index contributed by atoms with van der Waals surface area (Å²) in [5.41, 5.74) is 7.35. The smallest absolute Gasteiger partial charge is 0.343 e. The van der Waals surface area contributed by atoms with Gasteiger partial charge >= 0.3 is 5.97 Å². The molecular formula is C17H19N3O4S. The molecule has 0 fully saturated rings. The summed E-state index contributed by atoms with van der Waals surface area (Å²) in [7, 11) is 1.52. The van der Waals surface area contributed by atoms with E-state index in [1.165, 1.54) is 13.3 Å². The highest BCUT2D eigenvalue weighted by Gasteiger charge is 2.16. The van der Waals surface area contributed by atoms with Crippen LogP contribution >= 0.6 is 11.8 Å². The highest BCUT2D eigenvalue weighted by Crippen LogP contribution is 2.24. The molecular weight excluding hydrogens is 342 g/mol. The second-order valence-electron chi connectivity index (χ2n) is 5.09. The number of anilines is 1. The van der Waals surface area contributed by atoms with Crippen LogP contribution in [-0.4, -0.2) is 41.2 Å². The summed E-state index contributed by atoms with van der Waals surface area (Å²) in [4.78, 5) is 32.2. The molecule has 7 nitrogen and oxygen atoms in total. The van der Waals surface area contributed by atoms with Crippen LogP contribution < -0.4 is 10.5 Å². The number of nitrogen functional groups attached to an aromatic ring is 1. The van der Waals surface area contributed by atoms with Crippen molar-refractivity contribution in [2.24, 2.45) is 0 Å². The van der Waals surface area contributed by atoms with Gasteiger partial charge in [-0.1, -0.05) is 23.4 Å². The Balaban J connectivity index is 2.09. The molecule has 0 amide bonds. The fourth-order valence-corrected chi connectivity index (χ4v) is 2.77. The number of carbonyl (C=O) groups is 2. The minimum Gasteiger partial charge on any atom is -0.496 e. The normalized spacial score (nSPS) is 10.4. The van der Waals surface area contributed by atoms with Crippen LogP contribution in [0.3, 0.4) is 0 Å². The van der Waals surface area contributed by atoms with E-state index < -0.39 is 5.97 Å². The summed E-state index contributed by atoms with van der Waals surface area (Å²) in [6.45, 7) is 3.84. The third-order valence-electron chi connectivity index (χ3n) is 3.28. The Hall–Kier alpha value is -2.61. The lowest BCUT2D eigenvalue weighted by Gasteiger charge is -2.09. The minimum atomic E-state index is -0.572. The average molecular weight is 361 g/mol. The number of nitrogens with zero attached hydrogens (tertiary/aromatic N) is 2. The fourth-order valence-electron chi connectivity index (χ4n) is 2.06. The Morgan fingerprint density at radius 3 is 2.68 bits per heavy atom. The van der Waals surface area contributed by atoms with Gasteiger partial charge in [0.2, 0.25) is 0 Å². The van der Waals surface area contributed by atoms with E-state index in [0.29, 0.717) is 16.5 Å². The predicted octanol–water partition coefficient (Wildman–Crippen LogP) is 2.53. The van der Waals surface area contributed by atoms with Gasteiger partial charge in [0.1, 0.15) is 17.1 Å². The van der Waals surface area contributed by atoms with Crippen LogP contribution in [0.15, 0.2) is 29.6 Å². The maximum atomic E-state index is 12.4. The number of esters is 1. The standard InChI is InChI=1S/C17H19N3O4S/c1-4-24-16(22)12-8-19-17(20-15(12)18)25-9-13(21)11-7-10(2)5-6-14(11)23-3/h5-8H,4,9H2,1-3H3,(H2,18,19,20). The number of carbonyl (C=O) groups excluding carboxylic acids is 2. The Morgan fingerprint density at radius 1 is 1.28 bits per heavy atom. The van der Waals surface area contributed by atoms with Gasteiger partial charge in [-0.3, -0.25) is 4.79 Å². The Bertz CT molecular complexity index is 795. The lowest BCUT2D eigenvalue weighted by molar-refractivity contribution is 0.0526. The van der Waals surface area contributed by atoms with Crippen LogP contribution in [0.25, 0.3) is 0 Å². The summed E-state index contributed by atoms with van der Waals surface area (Å²) in [5, 5.41) is 0.311. The molecule has 0 radical (unpaired) electrons. The van der Waals surface area contributed by atoms with Gasteiger partial charge in [-0.25, -0.2) is 14.8 Å². The number of ether oxygens (including phenoxy) is 2. The van der Waals surface area contributed by atoms with E-state index in [0.717, 1.165) is 17.3 Å². The number of rotatable bonds is 7. The van der Waals surface area contributed by atoms with Crippen LogP contribution in [0.2, 0.25) is 0 Å². The molecule has 0 spiro atoms. The quantitative estimate of drug-likeness (QED) is 0.347. The fraction of sp³-hybridized carbons (Fsp3) is 0.294. The number of aromatic nitrogens is 2. The second kappa shape index (κ2) is 8.48. The van der Waals surface area contributed by atoms with Gasteiger partial charge in [0.05, 0.1) is 25.0 Å². The maximum absolute atomic E-state index is 12.4. The lowest BCUT2D eigenvalue weighted by atomic mass is 10.1. The molecule has 25 heavy (non-hydrogen) atoms. The van der Waals surface area contributed by atoms with Gasteiger partial charge in [-0.05, 0) is 26.0 Å². The first-order chi connectivity index (χ1) is 12.0. The number of benzene rings is 1. The Morgan fingerprint density at radius 2 is 2.04 bits per heavy atom. The van der Waals surface area contributed by atoms with Gasteiger partial charge in [-0.2, -0.15) is 0 Å². The predicted molar refractivity (Wildman–Crippen MR) is 95.2 cm³/mol. The van der Waals surface area contributed by atoms with Gasteiger partial charge in [0.15, 0.2) is 10.9 Å². The van der Waals surface area contributed by atoms with Crippen molar-refractivity contribution in [3.63, 3.8) is 0 Å². The molecule has 2 aromatic rings. The lowest BCUT2D eigenvalue weighted by Crippen LogP contribution is -2.11. The number of thioether (sulfide) groups is 1. The highest BCUT2D eigenvalue weighted by atomic mass is 32.2. The van der Waals surface area contributed by atoms with E-state index >= 15 is 0 Å². The SMILES string of the molecule is CCOC(=O)c1cnc(SCC(=O)c2cc(C)ccc2OC)nc1N. The van der Waals surface area contributed by atoms with Gasteiger partial charge < -0.3 is 15.2 Å². The molecule has 0 aliphatic heterocycles. The van der Waals surface area contributed by atoms with E-state index in [9.17, 15) is 9.59 Å². The molecule has 0 bridgehead atoms. The molecule has 1 heterocycles. The van der Waals surface area contributed by atoms with E-state index in [4.69, 9.17) is 15.2 Å². The molecule has 2 rings (SSSR count). The van der Waals surface area contributed by atoms with Crippen molar-refractivity contribution in [3.05, 3.63) is 41.1 Å². The van der Waals surface area contributed by atoms with Crippen molar-refractivity contribution in [1.29, 1.82) is 0 Å². The number of Topliss-reactive ketones (excluding diaryl/α,β-unsaturated/α-hetero) is 1. The minimum absolute atomic E-state index is 0.0246. The monoisotopic (exact) mass is 361 g/mol. The van der Waals surface area contributed by atoms with E-state index in [-0.39, 0.29) is 29.5 Å². The van der Waals surface area contributed by atoms with Crippen LogP contribution in [0.5, 0.6) is 5.75 Å². The Labute approximate surface area is 149 Å². The number of hydrogen-bond acceptors (Lipinski definition) is 8. The zero-order valence-electron chi connectivity index (χ0n) is 14.2. The molecule has 0 atom stereocenters. The molecule has 0 unspecified atom stereocenters. The molecule has 0 saturated carbocycles. The van der Waals surface area contributed by atoms with Crippen LogP contribution in [-0.2, 0) is 4.74 Å². The number of aryl methyl sites for hydroxylation is 1. The first-order valence-corrected chi connectivity index (χ1v) is 8.55. The topological polar surface area (TPSA) is 104 Å². The third-order valence-corrected chi connectivity index (χ3v) is 4.14. The summed E-state index contributed by atoms with van der Waals surface area (Å²) < 4.78 is 10.1. The van der Waals surface area contributed by atoms with Crippen molar-refractivity contribution in [2.75, 3.05) is 25.2 Å². The number of hydrogen-bond donors (Lipinski definition) is 1. The number of nitrogens with two attached hydrogens (primary N) is 1. The van der Waals surface area contributed by atoms with Gasteiger partial charge in [-0.15, -0.1) is 0 Å². The first kappa shape index (κ1) is 18.7. The summed E-state index contributed by atoms with van der Waals surface area (Å²) in [6, 6.07) is 5.41. The molecule has 0 saturated heterocycles. The van der Waals surface area contributed by atoms with Crippen molar-refractivity contribution in [1.82, 2.24) is 9.97 Å². The zero-order chi connectivity index (χ0) is 18.4. The highest BCUT2D eigenvalue weighted by molar-refractivity contribution is 7.99. The molecule has 2 N–H and O–H groups in total. The molecule has 0 aliphatic rings. The van der Waals surface area contributed by atoms with Crippen molar-refractivity contribution in [3.8, 4) is 5.75 Å². The van der Waals surface area contributed by atoms with Crippen LogP contribution in [0.1, 0.15) is 33.2 Å². The van der Waals surface area contributed by atoms with E-state index in [1.54, 1.807) is 19.1 Å². The number of ketones is 1. The molecule has 132 valence electrons. The van der Waals surface area contributed by atoms with Gasteiger partial charge in [0, 0.05) is 6.20 Å². The van der Waals surface area contributed by atoms with E-state index in [1.807, 2.05) is 13.0 Å². The Kier molecular flexibility index (Phi) is 6.35. The molecule has 0 aliphatic carbocycles. The number of methoxy groups -OCH3 is 1. The zero-order valence-corrected chi connectivity index (χ0v) is 15.1. The maximum Gasteiger partial charge on any atom is 0.343 e. The van der Waals surface area contributed by atoms with Crippen molar-refractivity contribution in [2.45, 2.75) is 19.0 Å². The third kappa shape index (κ3) is 4.69. The van der Waals surface area contributed by atoms with Crippen LogP contribution in [0, 0.1) is 6.92 Å². The first-order valence-electron chi connectivity index (χ1n) is 7.56. The van der Waals surface area contributed by atoms with Crippen LogP contribution in [0.4, 0.5) is 5.82 Å². The molecule has 8 heteroatoms. The summed E-state index contributed by atoms with van der Waals surface area (Å²) in [5.74, 6) is -0.0111. The second-order valence-corrected chi connectivity index (χ2v) is 6.03. The van der Waals surface area contributed by atoms with Crippen molar-refractivity contribution >= 4 is 29.3 Å². The van der Waals surface area contributed by atoms with Gasteiger partial charge in [0.25, 0.3) is 0 Å². The average Bonchev–Trinajstić information content (AvgIpc) is 2.59. The summed E-state index contributed by atoms with van der Waals surface area (Å²) >= 11 is 1.14. The molecule has 1 aromatic heterocycles. The summed E-state index contributed by atoms with van der Waals surface area (Å²) in [6.07, 6.45) is 1.31. The largest absolute Gasteiger partial charge is 0.496 e. The van der Waals surface area contributed by atoms with E-state index in [2.05, 4.69) is 9.97 Å². The molecule has 1 aromatic carbocycles. The van der Waals surface area contributed by atoms with Crippen molar-refractivity contribution < 1.29 is 19.1 Å².